The largest absolute Gasteiger partial charge is 0.508 e. The number of aromatic hydroxyl groups is 1. The van der Waals surface area contributed by atoms with Gasteiger partial charge in [0.1, 0.15) is 54.1 Å². The summed E-state index contributed by atoms with van der Waals surface area (Å²) in [6, 6.07) is -10.6. The first-order valence-corrected chi connectivity index (χ1v) is 23.7. The molecule has 0 saturated carbocycles. The molecular weight excluding hydrogens is 1010 g/mol. The number of nitrogens with two attached hydrogens (primary N) is 2. The Morgan fingerprint density at radius 2 is 0.987 bits per heavy atom. The van der Waals surface area contributed by atoms with Crippen molar-refractivity contribution in [2.45, 2.75) is 140 Å². The molecule has 0 aliphatic rings. The quantitative estimate of drug-likeness (QED) is 0.0317. The van der Waals surface area contributed by atoms with Crippen molar-refractivity contribution >= 4 is 71.1 Å². The third kappa shape index (κ3) is 22.5. The van der Waals surface area contributed by atoms with Crippen LogP contribution in [0.4, 0.5) is 0 Å². The molecular formula is C46H68N12O18. The highest BCUT2D eigenvalue weighted by molar-refractivity contribution is 6.00. The van der Waals surface area contributed by atoms with Crippen molar-refractivity contribution in [1.29, 1.82) is 0 Å². The second kappa shape index (κ2) is 30.8. The van der Waals surface area contributed by atoms with Crippen LogP contribution in [0.2, 0.25) is 0 Å². The predicted molar refractivity (Wildman–Crippen MR) is 261 cm³/mol. The molecule has 10 atom stereocenters. The third-order valence-corrected chi connectivity index (χ3v) is 10.9. The highest BCUT2D eigenvalue weighted by Crippen LogP contribution is 2.14. The van der Waals surface area contributed by atoms with Crippen molar-refractivity contribution in [3.63, 3.8) is 0 Å². The van der Waals surface area contributed by atoms with Crippen molar-refractivity contribution in [2.75, 3.05) is 6.61 Å². The van der Waals surface area contributed by atoms with E-state index >= 15 is 0 Å². The van der Waals surface area contributed by atoms with Crippen LogP contribution in [0.3, 0.4) is 0 Å². The molecule has 0 radical (unpaired) electrons. The first-order valence-electron chi connectivity index (χ1n) is 23.7. The number of aromatic nitrogens is 2. The molecule has 76 heavy (non-hydrogen) atoms. The molecule has 2 aromatic rings. The van der Waals surface area contributed by atoms with Gasteiger partial charge in [-0.3, -0.25) is 52.7 Å². The lowest BCUT2D eigenvalue weighted by Crippen LogP contribution is -2.62. The van der Waals surface area contributed by atoms with Crippen LogP contribution in [0.15, 0.2) is 36.8 Å². The molecule has 30 heteroatoms. The number of nitrogens with one attached hydrogen (secondary N) is 9. The summed E-state index contributed by atoms with van der Waals surface area (Å²) in [6.45, 7) is 6.83. The van der Waals surface area contributed by atoms with Gasteiger partial charge in [-0.05, 0) is 49.3 Å². The first kappa shape index (κ1) is 63.9. The van der Waals surface area contributed by atoms with Crippen molar-refractivity contribution in [3.8, 4) is 5.75 Å². The number of aliphatic hydroxyl groups excluding tert-OH is 2. The van der Waals surface area contributed by atoms with Gasteiger partial charge in [-0.15, -0.1) is 0 Å². The summed E-state index contributed by atoms with van der Waals surface area (Å²) in [5, 5.41) is 77.1. The van der Waals surface area contributed by atoms with E-state index in [1.807, 2.05) is 0 Å². The SMILES string of the molecule is CC(C)C[C@H](NC(=O)[C@@H](NC(=O)[C@H](Cc1ccc(O)cc1)NC(=O)[C@H](CC(N)=O)NC(=O)[C@H](CC(=O)O)NC(=O)[C@H](CO)NC(=O)[C@@H](N)CC(C)C)[C@@H](C)O)C(=O)N[C@@H](CC(=O)O)C(=O)N[C@@H](Cc1cnc[nH]1)C(=O)O. The average molecular weight is 1080 g/mol. The summed E-state index contributed by atoms with van der Waals surface area (Å²) in [4.78, 5) is 163. The molecule has 1 heterocycles. The van der Waals surface area contributed by atoms with E-state index in [2.05, 4.69) is 52.5 Å². The second-order valence-electron chi connectivity index (χ2n) is 18.6. The fourth-order valence-corrected chi connectivity index (χ4v) is 7.14. The average Bonchev–Trinajstić information content (AvgIpc) is 3.83. The molecule has 19 N–H and O–H groups in total. The minimum atomic E-state index is -2.03. The Hall–Kier alpha value is -8.25. The summed E-state index contributed by atoms with van der Waals surface area (Å²) in [7, 11) is 0. The van der Waals surface area contributed by atoms with Crippen LogP contribution < -0.4 is 54.0 Å². The van der Waals surface area contributed by atoms with Crippen LogP contribution >= 0.6 is 0 Å². The van der Waals surface area contributed by atoms with Gasteiger partial charge in [-0.1, -0.05) is 39.8 Å². The van der Waals surface area contributed by atoms with Crippen LogP contribution in [0.5, 0.6) is 5.75 Å². The Balaban J connectivity index is 2.44. The van der Waals surface area contributed by atoms with E-state index in [0.29, 0.717) is 5.69 Å². The molecule has 0 fully saturated rings. The van der Waals surface area contributed by atoms with Gasteiger partial charge in [0.25, 0.3) is 0 Å². The van der Waals surface area contributed by atoms with Gasteiger partial charge in [0, 0.05) is 24.7 Å². The number of rotatable bonds is 33. The van der Waals surface area contributed by atoms with E-state index in [-0.39, 0.29) is 36.5 Å². The monoisotopic (exact) mass is 1080 g/mol. The molecule has 0 aliphatic carbocycles. The number of carbonyl (C=O) groups is 12. The van der Waals surface area contributed by atoms with Crippen LogP contribution in [0.25, 0.3) is 0 Å². The van der Waals surface area contributed by atoms with Gasteiger partial charge in [0.15, 0.2) is 0 Å². The number of nitrogens with zero attached hydrogens (tertiary/aromatic N) is 1. The van der Waals surface area contributed by atoms with E-state index in [1.165, 1.54) is 36.8 Å². The summed E-state index contributed by atoms with van der Waals surface area (Å²) in [5.74, 6) is -16.2. The topological polar surface area (TPSA) is 503 Å². The van der Waals surface area contributed by atoms with Gasteiger partial charge in [0.2, 0.25) is 53.2 Å². The maximum atomic E-state index is 14.2. The summed E-state index contributed by atoms with van der Waals surface area (Å²) >= 11 is 0. The molecule has 1 aromatic heterocycles. The van der Waals surface area contributed by atoms with E-state index in [1.54, 1.807) is 27.7 Å². The Labute approximate surface area is 434 Å². The second-order valence-corrected chi connectivity index (χ2v) is 18.6. The fraction of sp³-hybridized carbons (Fsp3) is 0.543. The third-order valence-electron chi connectivity index (χ3n) is 10.9. The zero-order valence-electron chi connectivity index (χ0n) is 42.2. The van der Waals surface area contributed by atoms with Crippen molar-refractivity contribution in [1.82, 2.24) is 52.5 Å². The summed E-state index contributed by atoms with van der Waals surface area (Å²) in [5.41, 5.74) is 11.8. The molecule has 1 aromatic carbocycles. The fourth-order valence-electron chi connectivity index (χ4n) is 7.14. The standard InChI is InChI=1S/C46H68N12O18/c1-20(2)10-26(47)38(67)57-33(18-59)44(73)54-30(15-35(63)64)41(70)52-29(14-34(48)62)40(69)51-28(12-23-6-8-25(61)9-7-23)43(72)58-37(22(5)60)45(74)55-27(11-21(3)4)39(68)53-31(16-36(65)66)42(71)56-32(46(75)76)13-24-17-49-19-50-24/h6-9,17,19-22,26-33,37,59-61H,10-16,18,47H2,1-5H3,(H2,48,62)(H,49,50)(H,51,69)(H,52,70)(H,53,68)(H,54,73)(H,55,74)(H,56,71)(H,57,67)(H,58,72)(H,63,64)(H,65,66)(H,75,76)/t22-,26+,27+,28+,29+,30+,31+,32+,33+,37+/m1/s1. The minimum absolute atomic E-state index is 0.0419. The highest BCUT2D eigenvalue weighted by atomic mass is 16.4. The molecule has 9 amide bonds. The smallest absolute Gasteiger partial charge is 0.326 e. The molecule has 0 spiro atoms. The summed E-state index contributed by atoms with van der Waals surface area (Å²) in [6.07, 6.45) is -3.18. The number of benzene rings is 1. The summed E-state index contributed by atoms with van der Waals surface area (Å²) < 4.78 is 0. The Bertz CT molecular complexity index is 2370. The lowest BCUT2D eigenvalue weighted by atomic mass is 10.0. The number of H-pyrrole nitrogens is 1. The lowest BCUT2D eigenvalue weighted by molar-refractivity contribution is -0.144. The number of carboxylic acid groups (broad SMARTS) is 3. The number of hydrogen-bond donors (Lipinski definition) is 17. The molecule has 2 rings (SSSR count). The molecule has 30 nitrogen and oxygen atoms in total. The van der Waals surface area contributed by atoms with Gasteiger partial charge >= 0.3 is 17.9 Å². The van der Waals surface area contributed by atoms with Crippen LogP contribution in [0.1, 0.15) is 78.0 Å². The van der Waals surface area contributed by atoms with Gasteiger partial charge in [-0.25, -0.2) is 9.78 Å². The number of phenols is 1. The Morgan fingerprint density at radius 3 is 1.42 bits per heavy atom. The number of aliphatic hydroxyl groups is 2. The zero-order valence-corrected chi connectivity index (χ0v) is 42.2. The zero-order chi connectivity index (χ0) is 57.6. The lowest BCUT2D eigenvalue weighted by Gasteiger charge is -2.29. The molecule has 420 valence electrons. The molecule has 0 aliphatic heterocycles. The maximum absolute atomic E-state index is 14.2. The van der Waals surface area contributed by atoms with Crippen LogP contribution in [-0.2, 0) is 70.4 Å². The molecule has 0 bridgehead atoms. The number of phenolic OH excluding ortho intramolecular Hbond substituents is 1. The van der Waals surface area contributed by atoms with Crippen molar-refractivity contribution in [3.05, 3.63) is 48.0 Å². The van der Waals surface area contributed by atoms with E-state index in [0.717, 1.165) is 6.92 Å². The number of aromatic amines is 1. The number of aliphatic carboxylic acids is 3. The molecule has 0 saturated heterocycles. The van der Waals surface area contributed by atoms with Crippen molar-refractivity contribution < 1.29 is 88.2 Å². The number of carboxylic acids is 3. The first-order chi connectivity index (χ1) is 35.5. The van der Waals surface area contributed by atoms with Crippen LogP contribution in [-0.4, -0.2) is 179 Å². The van der Waals surface area contributed by atoms with Gasteiger partial charge < -0.3 is 89.6 Å². The van der Waals surface area contributed by atoms with Gasteiger partial charge in [0.05, 0.1) is 44.3 Å². The van der Waals surface area contributed by atoms with E-state index in [4.69, 9.17) is 11.5 Å². The number of amides is 9. The van der Waals surface area contributed by atoms with Crippen LogP contribution in [0, 0.1) is 11.8 Å². The normalized spacial score (nSPS) is 15.1. The van der Waals surface area contributed by atoms with Gasteiger partial charge in [-0.2, -0.15) is 0 Å². The highest BCUT2D eigenvalue weighted by Gasteiger charge is 2.37. The van der Waals surface area contributed by atoms with E-state index in [9.17, 15) is 88.2 Å². The van der Waals surface area contributed by atoms with E-state index < -0.39 is 170 Å². The Kier molecular flexibility index (Phi) is 25.9. The number of hydrogen-bond acceptors (Lipinski definition) is 17. The predicted octanol–water partition coefficient (Wildman–Crippen LogP) is -5.52. The Morgan fingerprint density at radius 1 is 0.553 bits per heavy atom. The number of imidazole rings is 1. The van der Waals surface area contributed by atoms with Crippen molar-refractivity contribution in [2.24, 2.45) is 23.3 Å². The number of carbonyl (C=O) groups excluding carboxylic acids is 9. The molecule has 0 unspecified atom stereocenters. The maximum Gasteiger partial charge on any atom is 0.326 e. The minimum Gasteiger partial charge on any atom is -0.508 e. The number of primary amides is 1.